The largest absolute Gasteiger partial charge is 0.374 e. The zero-order valence-electron chi connectivity index (χ0n) is 12.0. The molecular weight excluding hydrogens is 320 g/mol. The minimum Gasteiger partial charge on any atom is -0.374 e. The summed E-state index contributed by atoms with van der Waals surface area (Å²) in [6.45, 7) is 1.65. The molecule has 1 aliphatic carbocycles. The van der Waals surface area contributed by atoms with Crippen LogP contribution in [-0.4, -0.2) is 60.3 Å². The maximum absolute atomic E-state index is 6.00. The van der Waals surface area contributed by atoms with Crippen molar-refractivity contribution in [1.82, 2.24) is 14.9 Å². The highest BCUT2D eigenvalue weighted by Crippen LogP contribution is 2.32. The first kappa shape index (κ1) is 14.2. The van der Waals surface area contributed by atoms with Crippen molar-refractivity contribution in [2.45, 2.75) is 37.5 Å². The molecule has 0 N–H and O–H groups in total. The van der Waals surface area contributed by atoms with Gasteiger partial charge in [-0.25, -0.2) is 9.97 Å². The molecule has 0 radical (unpaired) electrons. The van der Waals surface area contributed by atoms with Gasteiger partial charge in [-0.05, 0) is 49.3 Å². The summed E-state index contributed by atoms with van der Waals surface area (Å²) in [6.07, 6.45) is 7.40. The molecule has 1 aromatic rings. The molecule has 1 saturated heterocycles. The minimum atomic E-state index is 0.303. The number of fused-ring (bicyclic) bond motifs is 1. The lowest BCUT2D eigenvalue weighted by atomic mass is 9.86. The lowest BCUT2D eigenvalue weighted by Gasteiger charge is -2.46. The Morgan fingerprint density at radius 1 is 1.30 bits per heavy atom. The number of halogens is 1. The standard InChI is InChI=1S/C14H21BrN4O/c1-18(2)11-3-4-12-13(7-11)20-6-5-19(12)14-16-8-10(15)9-17-14/h8-9,11-13H,3-7H2,1-2H3/t11-,12-,13-/m1/s1. The van der Waals surface area contributed by atoms with Crippen molar-refractivity contribution in [2.24, 2.45) is 0 Å². The number of hydrogen-bond acceptors (Lipinski definition) is 5. The Kier molecular flexibility index (Phi) is 4.23. The summed E-state index contributed by atoms with van der Waals surface area (Å²) in [6, 6.07) is 1.04. The summed E-state index contributed by atoms with van der Waals surface area (Å²) < 4.78 is 6.92. The quantitative estimate of drug-likeness (QED) is 0.822. The number of aromatic nitrogens is 2. The highest BCUT2D eigenvalue weighted by atomic mass is 79.9. The molecule has 1 aliphatic heterocycles. The van der Waals surface area contributed by atoms with Crippen molar-refractivity contribution in [1.29, 1.82) is 0 Å². The Bertz CT molecular complexity index is 453. The van der Waals surface area contributed by atoms with Crippen molar-refractivity contribution in [3.63, 3.8) is 0 Å². The fourth-order valence-corrected chi connectivity index (χ4v) is 3.47. The molecule has 1 aromatic heterocycles. The van der Waals surface area contributed by atoms with Gasteiger partial charge in [-0.1, -0.05) is 0 Å². The van der Waals surface area contributed by atoms with Crippen molar-refractivity contribution in [2.75, 3.05) is 32.1 Å². The molecule has 3 atom stereocenters. The van der Waals surface area contributed by atoms with E-state index in [0.29, 0.717) is 18.2 Å². The van der Waals surface area contributed by atoms with Crippen LogP contribution in [0.15, 0.2) is 16.9 Å². The highest BCUT2D eigenvalue weighted by molar-refractivity contribution is 9.10. The van der Waals surface area contributed by atoms with Crippen LogP contribution in [0.3, 0.4) is 0 Å². The van der Waals surface area contributed by atoms with Crippen LogP contribution in [0, 0.1) is 0 Å². The van der Waals surface area contributed by atoms with Gasteiger partial charge >= 0.3 is 0 Å². The third kappa shape index (κ3) is 2.82. The van der Waals surface area contributed by atoms with Gasteiger partial charge in [0.2, 0.25) is 5.95 Å². The van der Waals surface area contributed by atoms with E-state index in [1.807, 2.05) is 12.4 Å². The molecule has 3 rings (SSSR count). The van der Waals surface area contributed by atoms with Gasteiger partial charge in [0.1, 0.15) is 0 Å². The van der Waals surface area contributed by atoms with E-state index in [-0.39, 0.29) is 0 Å². The summed E-state index contributed by atoms with van der Waals surface area (Å²) in [7, 11) is 4.31. The summed E-state index contributed by atoms with van der Waals surface area (Å²) in [4.78, 5) is 13.5. The molecule has 6 heteroatoms. The summed E-state index contributed by atoms with van der Waals surface area (Å²) in [5.74, 6) is 0.829. The van der Waals surface area contributed by atoms with Crippen molar-refractivity contribution in [3.05, 3.63) is 16.9 Å². The molecule has 2 fully saturated rings. The SMILES string of the molecule is CN(C)[C@@H]1CC[C@@H]2[C@@H](C1)OCCN2c1ncc(Br)cn1. The van der Waals surface area contributed by atoms with Crippen molar-refractivity contribution >= 4 is 21.9 Å². The Labute approximate surface area is 128 Å². The van der Waals surface area contributed by atoms with Crippen LogP contribution >= 0.6 is 15.9 Å². The van der Waals surface area contributed by atoms with Crippen molar-refractivity contribution < 1.29 is 4.74 Å². The van der Waals surface area contributed by atoms with Gasteiger partial charge in [-0.2, -0.15) is 0 Å². The van der Waals surface area contributed by atoms with Crippen LogP contribution in [0.2, 0.25) is 0 Å². The third-order valence-electron chi connectivity index (χ3n) is 4.39. The maximum Gasteiger partial charge on any atom is 0.225 e. The smallest absolute Gasteiger partial charge is 0.225 e. The fourth-order valence-electron chi connectivity index (χ4n) is 3.27. The first-order chi connectivity index (χ1) is 9.65. The molecule has 0 aromatic carbocycles. The number of rotatable bonds is 2. The van der Waals surface area contributed by atoms with Crippen LogP contribution in [0.4, 0.5) is 5.95 Å². The predicted octanol–water partition coefficient (Wildman–Crippen LogP) is 1.93. The van der Waals surface area contributed by atoms with Crippen molar-refractivity contribution in [3.8, 4) is 0 Å². The van der Waals surface area contributed by atoms with Crippen LogP contribution in [-0.2, 0) is 4.74 Å². The first-order valence-corrected chi connectivity index (χ1v) is 7.96. The molecular formula is C14H21BrN4O. The normalized spacial score (nSPS) is 30.4. The van der Waals surface area contributed by atoms with Gasteiger partial charge in [-0.3, -0.25) is 0 Å². The van der Waals surface area contributed by atoms with Crippen LogP contribution in [0.1, 0.15) is 19.3 Å². The average molecular weight is 341 g/mol. The maximum atomic E-state index is 6.00. The molecule has 2 aliphatic rings. The van der Waals surface area contributed by atoms with Crippen LogP contribution < -0.4 is 4.90 Å². The second-order valence-corrected chi connectivity index (χ2v) is 6.72. The monoisotopic (exact) mass is 340 g/mol. The lowest BCUT2D eigenvalue weighted by molar-refractivity contribution is -0.0283. The molecule has 0 spiro atoms. The number of morpholine rings is 1. The Balaban J connectivity index is 1.75. The molecule has 20 heavy (non-hydrogen) atoms. The molecule has 0 unspecified atom stereocenters. The summed E-state index contributed by atoms with van der Waals surface area (Å²) in [5.41, 5.74) is 0. The Morgan fingerprint density at radius 3 is 2.75 bits per heavy atom. The Morgan fingerprint density at radius 2 is 2.05 bits per heavy atom. The minimum absolute atomic E-state index is 0.303. The van der Waals surface area contributed by atoms with Crippen LogP contribution in [0.25, 0.3) is 0 Å². The van der Waals surface area contributed by atoms with E-state index in [2.05, 4.69) is 49.8 Å². The van der Waals surface area contributed by atoms with E-state index in [9.17, 15) is 0 Å². The third-order valence-corrected chi connectivity index (χ3v) is 4.80. The number of nitrogens with zero attached hydrogens (tertiary/aromatic N) is 4. The van der Waals surface area contributed by atoms with E-state index < -0.39 is 0 Å². The predicted molar refractivity (Wildman–Crippen MR) is 81.9 cm³/mol. The van der Waals surface area contributed by atoms with E-state index in [0.717, 1.165) is 36.4 Å². The number of hydrogen-bond donors (Lipinski definition) is 0. The van der Waals surface area contributed by atoms with E-state index in [4.69, 9.17) is 4.74 Å². The van der Waals surface area contributed by atoms with Gasteiger partial charge < -0.3 is 14.5 Å². The highest BCUT2D eigenvalue weighted by Gasteiger charge is 2.39. The lowest BCUT2D eigenvalue weighted by Crippen LogP contribution is -2.56. The molecule has 0 amide bonds. The summed E-state index contributed by atoms with van der Waals surface area (Å²) >= 11 is 3.39. The molecule has 5 nitrogen and oxygen atoms in total. The summed E-state index contributed by atoms with van der Waals surface area (Å²) in [5, 5.41) is 0. The Hall–Kier alpha value is -0.720. The van der Waals surface area contributed by atoms with Gasteiger partial charge in [0.25, 0.3) is 0 Å². The molecule has 1 saturated carbocycles. The zero-order chi connectivity index (χ0) is 14.1. The van der Waals surface area contributed by atoms with E-state index in [1.54, 1.807) is 0 Å². The first-order valence-electron chi connectivity index (χ1n) is 7.17. The van der Waals surface area contributed by atoms with Gasteiger partial charge in [0, 0.05) is 25.0 Å². The fraction of sp³-hybridized carbons (Fsp3) is 0.714. The van der Waals surface area contributed by atoms with Gasteiger partial charge in [-0.15, -0.1) is 0 Å². The number of ether oxygens (including phenoxy) is 1. The van der Waals surface area contributed by atoms with E-state index >= 15 is 0 Å². The zero-order valence-corrected chi connectivity index (χ0v) is 13.6. The van der Waals surface area contributed by atoms with Gasteiger partial charge in [0.05, 0.1) is 23.2 Å². The number of anilines is 1. The molecule has 2 heterocycles. The second-order valence-electron chi connectivity index (χ2n) is 5.80. The molecule has 110 valence electrons. The topological polar surface area (TPSA) is 41.5 Å². The second kappa shape index (κ2) is 5.95. The average Bonchev–Trinajstić information content (AvgIpc) is 2.47. The van der Waals surface area contributed by atoms with Crippen LogP contribution in [0.5, 0.6) is 0 Å². The van der Waals surface area contributed by atoms with E-state index in [1.165, 1.54) is 6.42 Å². The van der Waals surface area contributed by atoms with Gasteiger partial charge in [0.15, 0.2) is 0 Å². The molecule has 0 bridgehead atoms.